The van der Waals surface area contributed by atoms with Crippen LogP contribution >= 0.6 is 24.0 Å². The zero-order chi connectivity index (χ0) is 22.1. The summed E-state index contributed by atoms with van der Waals surface area (Å²) < 4.78 is 10.6. The number of nitrogens with one attached hydrogen (secondary N) is 2. The molecule has 1 aliphatic heterocycles. The molecule has 1 atom stereocenters. The van der Waals surface area contributed by atoms with Gasteiger partial charge in [0, 0.05) is 44.0 Å². The van der Waals surface area contributed by atoms with Crippen molar-refractivity contribution in [2.75, 3.05) is 45.3 Å². The third kappa shape index (κ3) is 7.08. The average molecular weight is 554 g/mol. The van der Waals surface area contributed by atoms with Crippen molar-refractivity contribution < 1.29 is 14.6 Å². The van der Waals surface area contributed by atoms with E-state index >= 15 is 0 Å². The summed E-state index contributed by atoms with van der Waals surface area (Å²) in [6.07, 6.45) is 2.85. The van der Waals surface area contributed by atoms with Crippen LogP contribution in [0, 0.1) is 0 Å². The van der Waals surface area contributed by atoms with Gasteiger partial charge in [-0.05, 0) is 49.9 Å². The van der Waals surface area contributed by atoms with Crippen molar-refractivity contribution in [1.29, 1.82) is 0 Å². The lowest BCUT2D eigenvalue weighted by atomic mass is 10.0. The van der Waals surface area contributed by atoms with Crippen LogP contribution in [0.3, 0.4) is 0 Å². The number of anilines is 1. The van der Waals surface area contributed by atoms with E-state index in [9.17, 15) is 5.11 Å². The van der Waals surface area contributed by atoms with Crippen molar-refractivity contribution >= 4 is 35.6 Å². The van der Waals surface area contributed by atoms with Gasteiger partial charge in [0.2, 0.25) is 0 Å². The number of aromatic hydroxyl groups is 1. The fraction of sp³-hybridized carbons (Fsp3) is 0.458. The first-order valence-electron chi connectivity index (χ1n) is 10.9. The number of rotatable bonds is 8. The molecule has 1 saturated heterocycles. The SMILES string of the molecule is CCNC(=NCCc1cccc(OC)c1O)NC1CCCN(c2cccc(OC)c2)C1.I. The van der Waals surface area contributed by atoms with Crippen molar-refractivity contribution in [2.24, 2.45) is 4.99 Å². The molecule has 0 spiro atoms. The third-order valence-electron chi connectivity index (χ3n) is 5.48. The molecule has 0 bridgehead atoms. The van der Waals surface area contributed by atoms with E-state index in [2.05, 4.69) is 34.6 Å². The van der Waals surface area contributed by atoms with Crippen LogP contribution in [-0.4, -0.2) is 57.5 Å². The van der Waals surface area contributed by atoms with Crippen LogP contribution in [0.2, 0.25) is 0 Å². The summed E-state index contributed by atoms with van der Waals surface area (Å²) in [4.78, 5) is 7.12. The van der Waals surface area contributed by atoms with E-state index < -0.39 is 0 Å². The van der Waals surface area contributed by atoms with Crippen molar-refractivity contribution in [2.45, 2.75) is 32.2 Å². The van der Waals surface area contributed by atoms with Gasteiger partial charge in [-0.15, -0.1) is 24.0 Å². The van der Waals surface area contributed by atoms with Crippen LogP contribution < -0.4 is 25.0 Å². The fourth-order valence-corrected chi connectivity index (χ4v) is 3.87. The predicted octanol–water partition coefficient (Wildman–Crippen LogP) is 3.79. The zero-order valence-corrected chi connectivity index (χ0v) is 21.5. The summed E-state index contributed by atoms with van der Waals surface area (Å²) in [5, 5.41) is 17.2. The summed E-state index contributed by atoms with van der Waals surface area (Å²) in [6.45, 7) is 5.38. The van der Waals surface area contributed by atoms with Crippen LogP contribution in [-0.2, 0) is 6.42 Å². The summed E-state index contributed by atoms with van der Waals surface area (Å²) >= 11 is 0. The standard InChI is InChI=1S/C24H34N4O3.HI/c1-4-25-24(26-14-13-18-8-5-12-22(31-3)23(18)29)27-19-9-7-15-28(17-19)20-10-6-11-21(16-20)30-2;/h5-6,8,10-12,16,19,29H,4,7,9,13-15,17H2,1-3H3,(H2,25,26,27);1H. The molecule has 0 aliphatic carbocycles. The molecule has 8 heteroatoms. The molecular weight excluding hydrogens is 519 g/mol. The van der Waals surface area contributed by atoms with E-state index in [1.807, 2.05) is 24.3 Å². The lowest BCUT2D eigenvalue weighted by Crippen LogP contribution is -2.51. The minimum absolute atomic E-state index is 0. The predicted molar refractivity (Wildman–Crippen MR) is 141 cm³/mol. The number of methoxy groups -OCH3 is 2. The number of ether oxygens (including phenoxy) is 2. The van der Waals surface area contributed by atoms with Crippen molar-refractivity contribution in [3.05, 3.63) is 48.0 Å². The number of aliphatic imine (C=N–C) groups is 1. The van der Waals surface area contributed by atoms with E-state index in [4.69, 9.17) is 14.5 Å². The molecule has 1 fully saturated rings. The highest BCUT2D eigenvalue weighted by molar-refractivity contribution is 14.0. The lowest BCUT2D eigenvalue weighted by Gasteiger charge is -2.35. The Kier molecular flexibility index (Phi) is 10.7. The van der Waals surface area contributed by atoms with E-state index in [0.717, 1.165) is 49.7 Å². The van der Waals surface area contributed by atoms with Crippen LogP contribution in [0.25, 0.3) is 0 Å². The quantitative estimate of drug-likeness (QED) is 0.262. The number of guanidine groups is 1. The maximum Gasteiger partial charge on any atom is 0.191 e. The summed E-state index contributed by atoms with van der Waals surface area (Å²) in [6, 6.07) is 14.1. The zero-order valence-electron chi connectivity index (χ0n) is 19.1. The number of phenols is 1. The van der Waals surface area contributed by atoms with Gasteiger partial charge in [0.1, 0.15) is 5.75 Å². The Bertz CT molecular complexity index is 878. The third-order valence-corrected chi connectivity index (χ3v) is 5.48. The van der Waals surface area contributed by atoms with Gasteiger partial charge in [-0.1, -0.05) is 18.2 Å². The van der Waals surface area contributed by atoms with Gasteiger partial charge in [0.05, 0.1) is 14.2 Å². The molecule has 7 nitrogen and oxygen atoms in total. The number of halogens is 1. The molecule has 0 saturated carbocycles. The second kappa shape index (κ2) is 13.2. The average Bonchev–Trinajstić information content (AvgIpc) is 2.80. The van der Waals surface area contributed by atoms with Crippen LogP contribution in [0.15, 0.2) is 47.5 Å². The molecule has 2 aromatic carbocycles. The molecule has 1 aliphatic rings. The fourth-order valence-electron chi connectivity index (χ4n) is 3.87. The van der Waals surface area contributed by atoms with Crippen LogP contribution in [0.4, 0.5) is 5.69 Å². The van der Waals surface area contributed by atoms with Gasteiger partial charge in [-0.3, -0.25) is 4.99 Å². The smallest absolute Gasteiger partial charge is 0.191 e. The van der Waals surface area contributed by atoms with Gasteiger partial charge in [0.15, 0.2) is 17.5 Å². The normalized spacial score (nSPS) is 16.2. The van der Waals surface area contributed by atoms with Gasteiger partial charge in [0.25, 0.3) is 0 Å². The lowest BCUT2D eigenvalue weighted by molar-refractivity contribution is 0.370. The maximum absolute atomic E-state index is 10.3. The summed E-state index contributed by atoms with van der Waals surface area (Å²) in [5.74, 6) is 2.37. The number of nitrogens with zero attached hydrogens (tertiary/aromatic N) is 2. The second-order valence-electron chi connectivity index (χ2n) is 7.61. The number of phenolic OH excluding ortho intramolecular Hbond substituents is 1. The Morgan fingerprint density at radius 1 is 1.19 bits per heavy atom. The highest BCUT2D eigenvalue weighted by Gasteiger charge is 2.21. The Morgan fingerprint density at radius 3 is 2.75 bits per heavy atom. The number of piperidine rings is 1. The summed E-state index contributed by atoms with van der Waals surface area (Å²) in [7, 11) is 3.26. The first kappa shape index (κ1) is 25.9. The first-order valence-corrected chi connectivity index (χ1v) is 10.9. The number of para-hydroxylation sites is 1. The highest BCUT2D eigenvalue weighted by Crippen LogP contribution is 2.29. The molecule has 32 heavy (non-hydrogen) atoms. The largest absolute Gasteiger partial charge is 0.504 e. The van der Waals surface area contributed by atoms with E-state index in [1.54, 1.807) is 20.3 Å². The van der Waals surface area contributed by atoms with E-state index in [1.165, 1.54) is 5.69 Å². The first-order chi connectivity index (χ1) is 15.1. The van der Waals surface area contributed by atoms with Gasteiger partial charge < -0.3 is 30.1 Å². The molecule has 1 unspecified atom stereocenters. The van der Waals surface area contributed by atoms with Gasteiger partial charge in [-0.2, -0.15) is 0 Å². The van der Waals surface area contributed by atoms with Crippen molar-refractivity contribution in [3.8, 4) is 17.2 Å². The Labute approximate surface area is 208 Å². The highest BCUT2D eigenvalue weighted by atomic mass is 127. The Balaban J connectivity index is 0.00000363. The molecule has 0 aromatic heterocycles. The van der Waals surface area contributed by atoms with Crippen molar-refractivity contribution in [1.82, 2.24) is 10.6 Å². The summed E-state index contributed by atoms with van der Waals surface area (Å²) in [5.41, 5.74) is 2.02. The molecule has 1 heterocycles. The van der Waals surface area contributed by atoms with Gasteiger partial charge >= 0.3 is 0 Å². The van der Waals surface area contributed by atoms with Crippen molar-refractivity contribution in [3.63, 3.8) is 0 Å². The molecule has 176 valence electrons. The minimum atomic E-state index is 0. The molecule has 3 N–H and O–H groups in total. The van der Waals surface area contributed by atoms with Crippen LogP contribution in [0.5, 0.6) is 17.2 Å². The Hall–Kier alpha value is -2.36. The molecule has 0 amide bonds. The Morgan fingerprint density at radius 2 is 2.00 bits per heavy atom. The van der Waals surface area contributed by atoms with E-state index in [-0.39, 0.29) is 29.7 Å². The second-order valence-corrected chi connectivity index (χ2v) is 7.61. The van der Waals surface area contributed by atoms with Gasteiger partial charge in [-0.25, -0.2) is 0 Å². The molecule has 0 radical (unpaired) electrons. The molecular formula is C24H35IN4O3. The topological polar surface area (TPSA) is 78.4 Å². The minimum Gasteiger partial charge on any atom is -0.504 e. The van der Waals surface area contributed by atoms with E-state index in [0.29, 0.717) is 24.8 Å². The number of hydrogen-bond acceptors (Lipinski definition) is 5. The molecule has 2 aromatic rings. The number of hydrogen-bond donors (Lipinski definition) is 3. The van der Waals surface area contributed by atoms with Crippen LogP contribution in [0.1, 0.15) is 25.3 Å². The number of benzene rings is 2. The monoisotopic (exact) mass is 554 g/mol. The molecule has 3 rings (SSSR count). The maximum atomic E-state index is 10.3.